The van der Waals surface area contributed by atoms with Crippen LogP contribution in [-0.4, -0.2) is 53.6 Å². The minimum atomic E-state index is -5.30. The molecule has 0 bridgehead atoms. The smallest absolute Gasteiger partial charge is 0.342 e. The van der Waals surface area contributed by atoms with Crippen LogP contribution in [0.25, 0.3) is 55.7 Å². The molecule has 260 valence electrons. The first-order valence-corrected chi connectivity index (χ1v) is 15.1. The second-order valence-corrected chi connectivity index (χ2v) is 11.2. The summed E-state index contributed by atoms with van der Waals surface area (Å²) >= 11 is 0. The molecule has 50 heavy (non-hydrogen) atoms. The Morgan fingerprint density at radius 3 is 1.36 bits per heavy atom. The Labute approximate surface area is 282 Å². The van der Waals surface area contributed by atoms with Gasteiger partial charge in [-0.15, -0.1) is 0 Å². The Bertz CT molecular complexity index is 2180. The number of fused-ring (bicyclic) bond motifs is 2. The molecule has 12 heteroatoms. The molecule has 0 unspecified atom stereocenters. The van der Waals surface area contributed by atoms with Crippen molar-refractivity contribution < 1.29 is 54.1 Å². The third-order valence-corrected chi connectivity index (χ3v) is 8.43. The van der Waals surface area contributed by atoms with E-state index < -0.39 is 41.9 Å². The number of alkyl halides is 6. The lowest BCUT2D eigenvalue weighted by Crippen LogP contribution is -2.43. The molecule has 0 aliphatic rings. The zero-order valence-electron chi connectivity index (χ0n) is 27.2. The largest absolute Gasteiger partial charge is 0.497 e. The molecule has 2 aromatic heterocycles. The van der Waals surface area contributed by atoms with Crippen LogP contribution in [0.1, 0.15) is 11.1 Å². The second-order valence-electron chi connectivity index (χ2n) is 11.2. The first-order chi connectivity index (χ1) is 24.0. The molecule has 0 radical (unpaired) electrons. The standard InChI is InChI=1S/C38H30F6O6/c1-45-23-9-5-21(6-10-23)35-32(27-15-13-25(47-3)17-30(27)49-35)29(19-39)34(38(43,44)37(41,42)20-40)33-28-16-14-26(48-4)18-31(28)50-36(33)22-7-11-24(46-2)12-8-22/h5-18H,19-20H2,1-4H3/b34-29+. The highest BCUT2D eigenvalue weighted by atomic mass is 19.3. The SMILES string of the molecule is COc1ccc(-c2oc3cc(OC)ccc3c2/C(CF)=C(\c2c(-c3ccc(OC)cc3)oc3cc(OC)ccc23)C(F)(F)C(F)(F)CF)cc1. The summed E-state index contributed by atoms with van der Waals surface area (Å²) in [5.74, 6) is -9.52. The summed E-state index contributed by atoms with van der Waals surface area (Å²) < 4.78 is 127. The van der Waals surface area contributed by atoms with Crippen LogP contribution in [0.3, 0.4) is 0 Å². The molecular weight excluding hydrogens is 666 g/mol. The highest BCUT2D eigenvalue weighted by molar-refractivity contribution is 6.12. The zero-order valence-corrected chi connectivity index (χ0v) is 27.2. The Morgan fingerprint density at radius 2 is 0.960 bits per heavy atom. The van der Waals surface area contributed by atoms with Gasteiger partial charge in [-0.25, -0.2) is 8.78 Å². The number of hydrogen-bond donors (Lipinski definition) is 0. The van der Waals surface area contributed by atoms with E-state index in [0.717, 1.165) is 0 Å². The van der Waals surface area contributed by atoms with Crippen molar-refractivity contribution >= 4 is 33.1 Å². The predicted molar refractivity (Wildman–Crippen MR) is 178 cm³/mol. The van der Waals surface area contributed by atoms with E-state index in [4.69, 9.17) is 27.8 Å². The molecule has 6 nitrogen and oxygen atoms in total. The van der Waals surface area contributed by atoms with Gasteiger partial charge in [0.1, 0.15) is 52.4 Å². The fourth-order valence-electron chi connectivity index (χ4n) is 5.87. The molecule has 0 atom stereocenters. The molecule has 0 aliphatic carbocycles. The maximum absolute atomic E-state index is 16.7. The summed E-state index contributed by atoms with van der Waals surface area (Å²) in [5.41, 5.74) is -2.64. The van der Waals surface area contributed by atoms with E-state index in [1.165, 1.54) is 89.1 Å². The third kappa shape index (κ3) is 5.78. The number of rotatable bonds is 12. The van der Waals surface area contributed by atoms with Crippen LogP contribution in [0.15, 0.2) is 93.8 Å². The van der Waals surface area contributed by atoms with Crippen LogP contribution in [0, 0.1) is 0 Å². The summed E-state index contributed by atoms with van der Waals surface area (Å²) in [6.07, 6.45) is 0. The van der Waals surface area contributed by atoms with Crippen molar-refractivity contribution in [1.29, 1.82) is 0 Å². The van der Waals surface area contributed by atoms with Gasteiger partial charge in [0.2, 0.25) is 0 Å². The van der Waals surface area contributed by atoms with Crippen molar-refractivity contribution in [3.63, 3.8) is 0 Å². The molecule has 0 saturated heterocycles. The van der Waals surface area contributed by atoms with Crippen LogP contribution in [0.2, 0.25) is 0 Å². The maximum atomic E-state index is 16.7. The van der Waals surface area contributed by atoms with Crippen LogP contribution >= 0.6 is 0 Å². The van der Waals surface area contributed by atoms with Gasteiger partial charge in [-0.1, -0.05) is 0 Å². The summed E-state index contributed by atoms with van der Waals surface area (Å²) in [6, 6.07) is 20.7. The maximum Gasteiger partial charge on any atom is 0.342 e. The van der Waals surface area contributed by atoms with E-state index in [1.54, 1.807) is 24.3 Å². The molecule has 0 spiro atoms. The normalized spacial score (nSPS) is 12.7. The first-order valence-electron chi connectivity index (χ1n) is 15.1. The quantitative estimate of drug-likeness (QED) is 0.119. The van der Waals surface area contributed by atoms with Crippen molar-refractivity contribution in [3.8, 4) is 45.6 Å². The molecule has 0 amide bonds. The van der Waals surface area contributed by atoms with Crippen molar-refractivity contribution in [1.82, 2.24) is 0 Å². The van der Waals surface area contributed by atoms with Gasteiger partial charge in [-0.05, 0) is 72.8 Å². The molecular formula is C38H30F6O6. The lowest BCUT2D eigenvalue weighted by Gasteiger charge is -2.29. The third-order valence-electron chi connectivity index (χ3n) is 8.43. The van der Waals surface area contributed by atoms with Gasteiger partial charge < -0.3 is 27.8 Å². The van der Waals surface area contributed by atoms with Gasteiger partial charge in [-0.2, -0.15) is 17.6 Å². The molecule has 6 aromatic rings. The van der Waals surface area contributed by atoms with E-state index in [9.17, 15) is 4.39 Å². The highest BCUT2D eigenvalue weighted by Crippen LogP contribution is 2.54. The van der Waals surface area contributed by atoms with E-state index in [0.29, 0.717) is 22.8 Å². The van der Waals surface area contributed by atoms with Crippen LogP contribution in [0.4, 0.5) is 26.3 Å². The summed E-state index contributed by atoms with van der Waals surface area (Å²) in [4.78, 5) is 0. The summed E-state index contributed by atoms with van der Waals surface area (Å²) in [6.45, 7) is -4.43. The van der Waals surface area contributed by atoms with Crippen molar-refractivity contribution in [2.45, 2.75) is 11.8 Å². The average Bonchev–Trinajstić information content (AvgIpc) is 3.71. The van der Waals surface area contributed by atoms with Crippen LogP contribution in [0.5, 0.6) is 23.0 Å². The number of allylic oxidation sites excluding steroid dienone is 2. The van der Waals surface area contributed by atoms with Crippen LogP contribution < -0.4 is 18.9 Å². The predicted octanol–water partition coefficient (Wildman–Crippen LogP) is 10.7. The minimum absolute atomic E-state index is 0.0302. The van der Waals surface area contributed by atoms with Gasteiger partial charge >= 0.3 is 11.8 Å². The summed E-state index contributed by atoms with van der Waals surface area (Å²) in [5, 5.41) is 0.0361. The molecule has 0 N–H and O–H groups in total. The number of ether oxygens (including phenoxy) is 4. The number of halogens is 6. The Balaban J connectivity index is 1.81. The molecule has 0 fully saturated rings. The lowest BCUT2D eigenvalue weighted by molar-refractivity contribution is -0.180. The van der Waals surface area contributed by atoms with E-state index in [2.05, 4.69) is 0 Å². The van der Waals surface area contributed by atoms with Gasteiger partial charge in [0.15, 0.2) is 6.67 Å². The lowest BCUT2D eigenvalue weighted by atomic mass is 9.84. The number of furan rings is 2. The van der Waals surface area contributed by atoms with Gasteiger partial charge in [0, 0.05) is 56.3 Å². The fourth-order valence-corrected chi connectivity index (χ4v) is 5.87. The Hall–Kier alpha value is -5.52. The van der Waals surface area contributed by atoms with Crippen molar-refractivity contribution in [2.24, 2.45) is 0 Å². The highest BCUT2D eigenvalue weighted by Gasteiger charge is 2.61. The molecule has 2 heterocycles. The van der Waals surface area contributed by atoms with Gasteiger partial charge in [-0.3, -0.25) is 0 Å². The van der Waals surface area contributed by atoms with Crippen molar-refractivity contribution in [3.05, 3.63) is 96.1 Å². The van der Waals surface area contributed by atoms with Gasteiger partial charge in [0.25, 0.3) is 0 Å². The Morgan fingerprint density at radius 1 is 0.560 bits per heavy atom. The zero-order chi connectivity index (χ0) is 35.8. The molecule has 0 aliphatic heterocycles. The first kappa shape index (κ1) is 34.3. The number of hydrogen-bond acceptors (Lipinski definition) is 6. The number of benzene rings is 4. The monoisotopic (exact) mass is 696 g/mol. The van der Waals surface area contributed by atoms with Gasteiger partial charge in [0.05, 0.1) is 28.4 Å². The number of methoxy groups -OCH3 is 4. The Kier molecular flexibility index (Phi) is 9.21. The molecule has 4 aromatic carbocycles. The van der Waals surface area contributed by atoms with E-state index >= 15 is 22.0 Å². The molecule has 6 rings (SSSR count). The fraction of sp³-hybridized carbons (Fsp3) is 0.211. The van der Waals surface area contributed by atoms with Crippen molar-refractivity contribution in [2.75, 3.05) is 41.8 Å². The average molecular weight is 697 g/mol. The van der Waals surface area contributed by atoms with E-state index in [-0.39, 0.29) is 50.3 Å². The topological polar surface area (TPSA) is 63.2 Å². The van der Waals surface area contributed by atoms with Crippen LogP contribution in [-0.2, 0) is 0 Å². The minimum Gasteiger partial charge on any atom is -0.497 e. The molecule has 0 saturated carbocycles. The summed E-state index contributed by atoms with van der Waals surface area (Å²) in [7, 11) is 5.65. The van der Waals surface area contributed by atoms with E-state index in [1.807, 2.05) is 0 Å². The second kappa shape index (κ2) is 13.4.